The van der Waals surface area contributed by atoms with Gasteiger partial charge in [0.15, 0.2) is 0 Å². The van der Waals surface area contributed by atoms with Crippen LogP contribution in [-0.2, 0) is 26.4 Å². The Bertz CT molecular complexity index is 545. The Morgan fingerprint density at radius 2 is 2.00 bits per heavy atom. The molecular formula is C16H23N3O. The molecule has 2 rings (SSSR count). The van der Waals surface area contributed by atoms with Gasteiger partial charge in [-0.1, -0.05) is 19.1 Å². The molecule has 1 unspecified atom stereocenters. The first kappa shape index (κ1) is 14.6. The third kappa shape index (κ3) is 3.84. The van der Waals surface area contributed by atoms with Gasteiger partial charge in [-0.2, -0.15) is 5.10 Å². The van der Waals surface area contributed by atoms with Gasteiger partial charge in [-0.05, 0) is 37.5 Å². The number of hydrogen-bond donors (Lipinski definition) is 2. The van der Waals surface area contributed by atoms with E-state index in [2.05, 4.69) is 30.5 Å². The zero-order valence-corrected chi connectivity index (χ0v) is 12.4. The molecule has 0 aliphatic rings. The molecule has 0 aliphatic carbocycles. The highest BCUT2D eigenvalue weighted by Gasteiger charge is 2.08. The second kappa shape index (κ2) is 6.57. The van der Waals surface area contributed by atoms with Crippen molar-refractivity contribution < 1.29 is 5.11 Å². The summed E-state index contributed by atoms with van der Waals surface area (Å²) >= 11 is 0. The van der Waals surface area contributed by atoms with E-state index in [1.54, 1.807) is 12.1 Å². The summed E-state index contributed by atoms with van der Waals surface area (Å²) in [5, 5.41) is 17.3. The molecule has 0 saturated carbocycles. The van der Waals surface area contributed by atoms with Gasteiger partial charge < -0.3 is 10.4 Å². The first-order chi connectivity index (χ1) is 9.58. The number of aromatic nitrogens is 2. The van der Waals surface area contributed by atoms with Crippen LogP contribution in [0.15, 0.2) is 30.5 Å². The third-order valence-corrected chi connectivity index (χ3v) is 3.45. The highest BCUT2D eigenvalue weighted by atomic mass is 16.3. The summed E-state index contributed by atoms with van der Waals surface area (Å²) in [6, 6.07) is 7.78. The molecule has 1 atom stereocenters. The van der Waals surface area contributed by atoms with E-state index in [9.17, 15) is 5.11 Å². The van der Waals surface area contributed by atoms with Crippen LogP contribution in [0, 0.1) is 0 Å². The van der Waals surface area contributed by atoms with Crippen molar-refractivity contribution in [2.75, 3.05) is 0 Å². The Morgan fingerprint density at radius 3 is 2.65 bits per heavy atom. The lowest BCUT2D eigenvalue weighted by atomic mass is 10.1. The van der Waals surface area contributed by atoms with Gasteiger partial charge in [-0.3, -0.25) is 4.68 Å². The maximum Gasteiger partial charge on any atom is 0.115 e. The molecule has 1 heterocycles. The van der Waals surface area contributed by atoms with Crippen LogP contribution in [0.5, 0.6) is 5.75 Å². The predicted octanol–water partition coefficient (Wildman–Crippen LogP) is 2.41. The monoisotopic (exact) mass is 273 g/mol. The van der Waals surface area contributed by atoms with E-state index in [0.29, 0.717) is 11.8 Å². The summed E-state index contributed by atoms with van der Waals surface area (Å²) < 4.78 is 1.88. The number of aromatic hydroxyl groups is 1. The topological polar surface area (TPSA) is 50.1 Å². The van der Waals surface area contributed by atoms with Gasteiger partial charge in [-0.25, -0.2) is 0 Å². The third-order valence-electron chi connectivity index (χ3n) is 3.45. The fourth-order valence-electron chi connectivity index (χ4n) is 2.37. The standard InChI is InChI=1S/C16H23N3O/c1-4-16-14(11-19(3)18-16)10-17-12(2)9-13-5-7-15(20)8-6-13/h5-8,11-12,17,20H,4,9-10H2,1-3H3. The van der Waals surface area contributed by atoms with Crippen molar-refractivity contribution in [1.29, 1.82) is 0 Å². The minimum Gasteiger partial charge on any atom is -0.508 e. The SMILES string of the molecule is CCc1nn(C)cc1CNC(C)Cc1ccc(O)cc1. The van der Waals surface area contributed by atoms with Crippen LogP contribution in [0.25, 0.3) is 0 Å². The normalized spacial score (nSPS) is 12.6. The van der Waals surface area contributed by atoms with E-state index >= 15 is 0 Å². The molecule has 0 spiro atoms. The molecule has 4 nitrogen and oxygen atoms in total. The molecule has 4 heteroatoms. The van der Waals surface area contributed by atoms with Gasteiger partial charge in [0.2, 0.25) is 0 Å². The fraction of sp³-hybridized carbons (Fsp3) is 0.438. The average Bonchev–Trinajstić information content (AvgIpc) is 2.79. The zero-order valence-electron chi connectivity index (χ0n) is 12.4. The summed E-state index contributed by atoms with van der Waals surface area (Å²) in [6.45, 7) is 5.15. The van der Waals surface area contributed by atoms with E-state index in [4.69, 9.17) is 0 Å². The maximum atomic E-state index is 9.28. The average molecular weight is 273 g/mol. The Labute approximate surface area is 120 Å². The van der Waals surface area contributed by atoms with Crippen molar-refractivity contribution in [3.63, 3.8) is 0 Å². The van der Waals surface area contributed by atoms with Crippen molar-refractivity contribution in [3.8, 4) is 5.75 Å². The van der Waals surface area contributed by atoms with Crippen LogP contribution in [0.2, 0.25) is 0 Å². The largest absolute Gasteiger partial charge is 0.508 e. The summed E-state index contributed by atoms with van der Waals surface area (Å²) in [4.78, 5) is 0. The van der Waals surface area contributed by atoms with Crippen LogP contribution in [0.1, 0.15) is 30.7 Å². The van der Waals surface area contributed by atoms with E-state index in [0.717, 1.165) is 25.1 Å². The molecule has 0 radical (unpaired) electrons. The predicted molar refractivity (Wildman–Crippen MR) is 80.7 cm³/mol. The minimum absolute atomic E-state index is 0.317. The quantitative estimate of drug-likeness (QED) is 0.850. The van der Waals surface area contributed by atoms with Gasteiger partial charge in [0.25, 0.3) is 0 Å². The Morgan fingerprint density at radius 1 is 1.30 bits per heavy atom. The van der Waals surface area contributed by atoms with E-state index in [-0.39, 0.29) is 0 Å². The van der Waals surface area contributed by atoms with Crippen LogP contribution in [-0.4, -0.2) is 20.9 Å². The highest BCUT2D eigenvalue weighted by molar-refractivity contribution is 5.26. The number of hydrogen-bond acceptors (Lipinski definition) is 3. The second-order valence-electron chi connectivity index (χ2n) is 5.28. The molecule has 2 N–H and O–H groups in total. The lowest BCUT2D eigenvalue weighted by Crippen LogP contribution is -2.27. The van der Waals surface area contributed by atoms with E-state index in [1.165, 1.54) is 11.1 Å². The van der Waals surface area contributed by atoms with Crippen molar-refractivity contribution >= 4 is 0 Å². The summed E-state index contributed by atoms with van der Waals surface area (Å²) in [5.41, 5.74) is 3.66. The van der Waals surface area contributed by atoms with Crippen LogP contribution >= 0.6 is 0 Å². The molecule has 1 aromatic heterocycles. The van der Waals surface area contributed by atoms with Crippen LogP contribution in [0.4, 0.5) is 0 Å². The molecule has 1 aromatic carbocycles. The van der Waals surface area contributed by atoms with Gasteiger partial charge in [0, 0.05) is 31.4 Å². The van der Waals surface area contributed by atoms with E-state index in [1.807, 2.05) is 23.9 Å². The first-order valence-corrected chi connectivity index (χ1v) is 7.11. The number of phenolic OH excluding ortho intramolecular Hbond substituents is 1. The van der Waals surface area contributed by atoms with Crippen molar-refractivity contribution in [1.82, 2.24) is 15.1 Å². The number of benzene rings is 1. The number of nitrogens with zero attached hydrogens (tertiary/aromatic N) is 2. The molecule has 0 bridgehead atoms. The van der Waals surface area contributed by atoms with E-state index < -0.39 is 0 Å². The summed E-state index contributed by atoms with van der Waals surface area (Å²) in [5.74, 6) is 0.317. The first-order valence-electron chi connectivity index (χ1n) is 7.11. The summed E-state index contributed by atoms with van der Waals surface area (Å²) in [7, 11) is 1.96. The Hall–Kier alpha value is -1.81. The van der Waals surface area contributed by atoms with Gasteiger partial charge in [-0.15, -0.1) is 0 Å². The minimum atomic E-state index is 0.317. The van der Waals surface area contributed by atoms with Crippen LogP contribution < -0.4 is 5.32 Å². The molecule has 0 amide bonds. The van der Waals surface area contributed by atoms with Gasteiger partial charge in [0.05, 0.1) is 5.69 Å². The molecule has 108 valence electrons. The molecule has 2 aromatic rings. The lowest BCUT2D eigenvalue weighted by molar-refractivity contribution is 0.474. The molecule has 20 heavy (non-hydrogen) atoms. The zero-order chi connectivity index (χ0) is 14.5. The lowest BCUT2D eigenvalue weighted by Gasteiger charge is -2.13. The van der Waals surface area contributed by atoms with Crippen molar-refractivity contribution in [2.45, 2.75) is 39.3 Å². The Kier molecular flexibility index (Phi) is 4.79. The Balaban J connectivity index is 1.88. The fourth-order valence-corrected chi connectivity index (χ4v) is 2.37. The van der Waals surface area contributed by atoms with Crippen LogP contribution in [0.3, 0.4) is 0 Å². The van der Waals surface area contributed by atoms with Crippen molar-refractivity contribution in [3.05, 3.63) is 47.3 Å². The maximum absolute atomic E-state index is 9.28. The number of aryl methyl sites for hydroxylation is 2. The van der Waals surface area contributed by atoms with Crippen molar-refractivity contribution in [2.24, 2.45) is 7.05 Å². The molecule has 0 fully saturated rings. The number of nitrogens with one attached hydrogen (secondary N) is 1. The second-order valence-corrected chi connectivity index (χ2v) is 5.28. The molecule has 0 saturated heterocycles. The van der Waals surface area contributed by atoms with Gasteiger partial charge >= 0.3 is 0 Å². The smallest absolute Gasteiger partial charge is 0.115 e. The molecular weight excluding hydrogens is 250 g/mol. The number of phenols is 1. The summed E-state index contributed by atoms with van der Waals surface area (Å²) in [6.07, 6.45) is 3.99. The van der Waals surface area contributed by atoms with Gasteiger partial charge in [0.1, 0.15) is 5.75 Å². The molecule has 0 aliphatic heterocycles. The highest BCUT2D eigenvalue weighted by Crippen LogP contribution is 2.12. The number of rotatable bonds is 6.